The van der Waals surface area contributed by atoms with Crippen molar-refractivity contribution in [1.29, 1.82) is 0 Å². The molecule has 7 nitrogen and oxygen atoms in total. The predicted molar refractivity (Wildman–Crippen MR) is 88.3 cm³/mol. The first-order valence-corrected chi connectivity index (χ1v) is 10.3. The van der Waals surface area contributed by atoms with Crippen LogP contribution in [0.4, 0.5) is 0 Å². The van der Waals surface area contributed by atoms with Crippen molar-refractivity contribution in [3.8, 4) is 22.9 Å². The van der Waals surface area contributed by atoms with Crippen LogP contribution in [0.2, 0.25) is 0 Å². The molecule has 0 atom stereocenters. The second kappa shape index (κ2) is 7.53. The number of benzene rings is 1. The topological polar surface area (TPSA) is 88.3 Å². The molecule has 0 amide bonds. The van der Waals surface area contributed by atoms with Crippen molar-refractivity contribution < 1.29 is 29.8 Å². The van der Waals surface area contributed by atoms with E-state index in [1.54, 1.807) is 36.8 Å². The molecule has 9 heteroatoms. The molecular weight excluding hydrogens is 441 g/mol. The molecule has 24 heavy (non-hydrogen) atoms. The summed E-state index contributed by atoms with van der Waals surface area (Å²) in [6.45, 7) is 0. The fraction of sp³-hybridized carbons (Fsp3) is 0.0667. The fourth-order valence-corrected chi connectivity index (χ4v) is 2.97. The summed E-state index contributed by atoms with van der Waals surface area (Å²) in [6.07, 6.45) is 4.99. The molecule has 0 aliphatic heterocycles. The Kier molecular flexibility index (Phi) is 5.20. The molecule has 0 radical (unpaired) electrons. The second-order valence-electron chi connectivity index (χ2n) is 4.60. The summed E-state index contributed by atoms with van der Waals surface area (Å²) >= 11 is 4.80. The Labute approximate surface area is 153 Å². The van der Waals surface area contributed by atoms with Gasteiger partial charge in [0, 0.05) is 0 Å². The van der Waals surface area contributed by atoms with Crippen molar-refractivity contribution in [2.45, 2.75) is 0 Å². The number of H-pyrrole nitrogens is 1. The van der Waals surface area contributed by atoms with E-state index in [0.29, 0.717) is 16.3 Å². The predicted octanol–water partition coefficient (Wildman–Crippen LogP) is -0.397. The molecule has 2 aromatic heterocycles. The van der Waals surface area contributed by atoms with Gasteiger partial charge in [0.05, 0.1) is 0 Å². The summed E-state index contributed by atoms with van der Waals surface area (Å²) < 4.78 is 7.39. The third kappa shape index (κ3) is 3.62. The molecule has 2 N–H and O–H groups in total. The van der Waals surface area contributed by atoms with Crippen LogP contribution in [-0.2, 0) is 0 Å². The summed E-state index contributed by atoms with van der Waals surface area (Å²) in [5.74, 6) is 1.17. The first kappa shape index (κ1) is 16.6. The molecule has 0 aliphatic rings. The summed E-state index contributed by atoms with van der Waals surface area (Å²) in [4.78, 5) is 5.95. The maximum absolute atomic E-state index is 9.76. The van der Waals surface area contributed by atoms with Gasteiger partial charge in [-0.15, -0.1) is 0 Å². The van der Waals surface area contributed by atoms with Crippen molar-refractivity contribution in [3.05, 3.63) is 53.1 Å². The summed E-state index contributed by atoms with van der Waals surface area (Å²) in [7, 11) is 0. The van der Waals surface area contributed by atoms with Crippen molar-refractivity contribution in [2.24, 2.45) is 5.10 Å². The fourth-order valence-electron chi connectivity index (χ4n) is 1.97. The van der Waals surface area contributed by atoms with E-state index in [1.165, 1.54) is 4.68 Å². The van der Waals surface area contributed by atoms with Gasteiger partial charge in [-0.25, -0.2) is 0 Å². The average Bonchev–Trinajstić information content (AvgIpc) is 2.97. The third-order valence-electron chi connectivity index (χ3n) is 3.06. The van der Waals surface area contributed by atoms with E-state index in [4.69, 9.17) is 15.3 Å². The molecule has 0 spiro atoms. The number of hydrogen-bond acceptors (Lipinski definition) is 6. The molecule has 0 unspecified atom stereocenters. The van der Waals surface area contributed by atoms with Crippen LogP contribution >= 0.6 is 12.2 Å². The quantitative estimate of drug-likeness (QED) is 0.237. The van der Waals surface area contributed by atoms with Gasteiger partial charge in [0.15, 0.2) is 0 Å². The Hall–Kier alpha value is -2.27. The number of aromatic nitrogens is 4. The molecule has 3 aromatic rings. The van der Waals surface area contributed by atoms with Crippen LogP contribution in [0.3, 0.4) is 0 Å². The normalized spacial score (nSPS) is 11.2. The minimum absolute atomic E-state index is 0.117. The van der Waals surface area contributed by atoms with Crippen LogP contribution in [0.1, 0.15) is 5.56 Å². The summed E-state index contributed by atoms with van der Waals surface area (Å²) in [5.41, 5.74) is 1.63. The van der Waals surface area contributed by atoms with Crippen LogP contribution < -0.4 is 24.7 Å². The molecule has 0 saturated carbocycles. The monoisotopic (exact) mass is 454 g/mol. The Morgan fingerprint density at radius 3 is 2.88 bits per heavy atom. The number of pyridine rings is 1. The van der Waals surface area contributed by atoms with Crippen molar-refractivity contribution in [2.75, 3.05) is 4.93 Å². The van der Waals surface area contributed by atoms with Gasteiger partial charge in [-0.05, 0) is 0 Å². The van der Waals surface area contributed by atoms with E-state index < -0.39 is 21.6 Å². The van der Waals surface area contributed by atoms with Gasteiger partial charge in [-0.1, -0.05) is 0 Å². The van der Waals surface area contributed by atoms with Gasteiger partial charge >= 0.3 is 154 Å². The summed E-state index contributed by atoms with van der Waals surface area (Å²) in [5, 5.41) is 21.1. The van der Waals surface area contributed by atoms with Gasteiger partial charge in [-0.2, -0.15) is 0 Å². The first-order chi connectivity index (χ1) is 11.7. The maximum atomic E-state index is 9.76. The van der Waals surface area contributed by atoms with Crippen LogP contribution in [0.5, 0.6) is 11.5 Å². The van der Waals surface area contributed by atoms with Gasteiger partial charge in [0.1, 0.15) is 0 Å². The van der Waals surface area contributed by atoms with E-state index in [-0.39, 0.29) is 5.75 Å². The number of alkyl halides is 1. The molecule has 1 aromatic carbocycles. The van der Waals surface area contributed by atoms with Crippen molar-refractivity contribution >= 4 is 18.4 Å². The van der Waals surface area contributed by atoms with Gasteiger partial charge in [0.2, 0.25) is 0 Å². The number of phenolic OH excluding ortho intramolecular Hbond substituents is 1. The Morgan fingerprint density at radius 1 is 1.33 bits per heavy atom. The van der Waals surface area contributed by atoms with Gasteiger partial charge in [-0.3, -0.25) is 0 Å². The molecule has 0 aliphatic carbocycles. The molecular formula is C15H13IN5O2S-. The number of aromatic hydroxyl groups is 1. The molecule has 2 heterocycles. The zero-order chi connectivity index (χ0) is 16.9. The van der Waals surface area contributed by atoms with E-state index in [0.717, 1.165) is 11.1 Å². The molecule has 124 valence electrons. The van der Waals surface area contributed by atoms with Crippen LogP contribution in [0.15, 0.2) is 47.8 Å². The number of nitrogens with one attached hydrogen (secondary N) is 1. The van der Waals surface area contributed by atoms with Gasteiger partial charge in [0.25, 0.3) is 0 Å². The zero-order valence-corrected chi connectivity index (χ0v) is 15.5. The number of nitrogens with zero attached hydrogens (tertiary/aromatic N) is 4. The molecule has 0 saturated heterocycles. The SMILES string of the molecule is C[I-]Oc1cc(/C=N/n2c(-c3ccncc3)n[nH]c2=S)ccc1O. The van der Waals surface area contributed by atoms with E-state index in [2.05, 4.69) is 20.3 Å². The summed E-state index contributed by atoms with van der Waals surface area (Å²) in [6, 6.07) is 8.71. The van der Waals surface area contributed by atoms with Crippen LogP contribution in [0, 0.1) is 4.77 Å². The Balaban J connectivity index is 1.95. The van der Waals surface area contributed by atoms with Crippen LogP contribution in [-0.4, -0.2) is 36.1 Å². The molecule has 0 fully saturated rings. The number of rotatable bonds is 5. The van der Waals surface area contributed by atoms with Crippen molar-refractivity contribution in [1.82, 2.24) is 19.9 Å². The molecule has 0 bridgehead atoms. The zero-order valence-electron chi connectivity index (χ0n) is 12.5. The average molecular weight is 454 g/mol. The van der Waals surface area contributed by atoms with Crippen LogP contribution in [0.25, 0.3) is 11.4 Å². The Morgan fingerprint density at radius 2 is 2.12 bits per heavy atom. The Bertz CT molecular complexity index is 923. The number of hydrogen-bond donors (Lipinski definition) is 2. The second-order valence-corrected chi connectivity index (χ2v) is 6.31. The molecule has 3 rings (SSSR count). The van der Waals surface area contributed by atoms with E-state index in [9.17, 15) is 5.11 Å². The first-order valence-electron chi connectivity index (χ1n) is 6.80. The number of phenols is 1. The number of aromatic amines is 1. The van der Waals surface area contributed by atoms with E-state index >= 15 is 0 Å². The third-order valence-corrected chi connectivity index (χ3v) is 4.23. The number of halogens is 1. The van der Waals surface area contributed by atoms with Gasteiger partial charge < -0.3 is 0 Å². The minimum atomic E-state index is -0.436. The van der Waals surface area contributed by atoms with E-state index in [1.807, 2.05) is 17.1 Å². The van der Waals surface area contributed by atoms with Crippen molar-refractivity contribution in [3.63, 3.8) is 0 Å². The standard InChI is InChI=1S/C15H13IN5O2S/c1-16-23-13-8-10(2-3-12(13)22)9-18-21-14(19-20-15(21)24)11-4-6-17-7-5-11/h2-9,22H,1H3,(H,20,24)/q-1/b18-9+.